The van der Waals surface area contributed by atoms with Crippen LogP contribution in [0.3, 0.4) is 0 Å². The number of halogens is 2. The van der Waals surface area contributed by atoms with E-state index in [-0.39, 0.29) is 5.75 Å². The second-order valence-corrected chi connectivity index (χ2v) is 5.52. The Labute approximate surface area is 119 Å². The summed E-state index contributed by atoms with van der Waals surface area (Å²) in [4.78, 5) is 0. The highest BCUT2D eigenvalue weighted by molar-refractivity contribution is 5.31. The summed E-state index contributed by atoms with van der Waals surface area (Å²) in [6, 6.07) is 3.16. The molecule has 0 aliphatic heterocycles. The van der Waals surface area contributed by atoms with Crippen LogP contribution >= 0.6 is 0 Å². The van der Waals surface area contributed by atoms with Gasteiger partial charge in [-0.05, 0) is 56.1 Å². The molecule has 1 aromatic carbocycles. The van der Waals surface area contributed by atoms with Crippen LogP contribution in [0.4, 0.5) is 8.78 Å². The van der Waals surface area contributed by atoms with Crippen LogP contribution in [0.15, 0.2) is 24.3 Å². The third-order valence-corrected chi connectivity index (χ3v) is 3.92. The number of rotatable bonds is 5. The Bertz CT molecular complexity index is 482. The summed E-state index contributed by atoms with van der Waals surface area (Å²) in [6.07, 6.45) is 8.20. The molecule has 110 valence electrons. The van der Waals surface area contributed by atoms with Crippen molar-refractivity contribution < 1.29 is 13.5 Å². The Balaban J connectivity index is 2.00. The highest BCUT2D eigenvalue weighted by Crippen LogP contribution is 2.28. The molecule has 0 saturated carbocycles. The van der Waals surface area contributed by atoms with E-state index in [4.69, 9.17) is 4.74 Å². The third kappa shape index (κ3) is 3.59. The van der Waals surface area contributed by atoms with Crippen molar-refractivity contribution in [3.05, 3.63) is 41.5 Å². The van der Waals surface area contributed by atoms with Crippen LogP contribution in [0.25, 0.3) is 0 Å². The van der Waals surface area contributed by atoms with E-state index in [1.165, 1.54) is 12.5 Å². The maximum Gasteiger partial charge on any atom is 0.200 e. The lowest BCUT2D eigenvalue weighted by atomic mass is 9.86. The van der Waals surface area contributed by atoms with Gasteiger partial charge < -0.3 is 4.74 Å². The molecule has 1 aliphatic carbocycles. The molecule has 1 nitrogen and oxygen atoms in total. The topological polar surface area (TPSA) is 9.23 Å². The fourth-order valence-electron chi connectivity index (χ4n) is 2.63. The average molecular weight is 280 g/mol. The zero-order valence-electron chi connectivity index (χ0n) is 12.2. The van der Waals surface area contributed by atoms with Gasteiger partial charge in [-0.2, -0.15) is 4.39 Å². The van der Waals surface area contributed by atoms with Gasteiger partial charge in [0.15, 0.2) is 11.6 Å². The highest BCUT2D eigenvalue weighted by atomic mass is 19.2. The monoisotopic (exact) mass is 280 g/mol. The van der Waals surface area contributed by atoms with E-state index in [9.17, 15) is 8.78 Å². The van der Waals surface area contributed by atoms with Gasteiger partial charge >= 0.3 is 0 Å². The fourth-order valence-corrected chi connectivity index (χ4v) is 2.63. The quantitative estimate of drug-likeness (QED) is 0.697. The standard InChI is InChI=1S/C17H22F2O/c1-3-20-15-11-10-14(16(18)17(15)19)9-8-13-6-4-12(2)5-7-13/h4,6,10-13H,3,5,7-9H2,1-2H3. The summed E-state index contributed by atoms with van der Waals surface area (Å²) >= 11 is 0. The Morgan fingerprint density at radius 3 is 2.60 bits per heavy atom. The first-order valence-corrected chi connectivity index (χ1v) is 7.39. The predicted octanol–water partition coefficient (Wildman–Crippen LogP) is 4.90. The Kier molecular flexibility index (Phi) is 5.16. The van der Waals surface area contributed by atoms with Crippen LogP contribution in [0.5, 0.6) is 5.75 Å². The van der Waals surface area contributed by atoms with Gasteiger partial charge in [-0.15, -0.1) is 0 Å². The van der Waals surface area contributed by atoms with Gasteiger partial charge in [-0.3, -0.25) is 0 Å². The van der Waals surface area contributed by atoms with Gasteiger partial charge in [0.25, 0.3) is 0 Å². The number of benzene rings is 1. The number of aryl methyl sites for hydroxylation is 1. The zero-order chi connectivity index (χ0) is 14.5. The van der Waals surface area contributed by atoms with E-state index in [2.05, 4.69) is 19.1 Å². The molecular formula is C17H22F2O. The Hall–Kier alpha value is -1.38. The summed E-state index contributed by atoms with van der Waals surface area (Å²) in [6.45, 7) is 4.29. The second kappa shape index (κ2) is 6.87. The first kappa shape index (κ1) is 15.0. The van der Waals surface area contributed by atoms with Crippen LogP contribution in [0.1, 0.15) is 38.7 Å². The first-order valence-electron chi connectivity index (χ1n) is 7.39. The molecular weight excluding hydrogens is 258 g/mol. The Morgan fingerprint density at radius 2 is 1.95 bits per heavy atom. The highest BCUT2D eigenvalue weighted by Gasteiger charge is 2.17. The SMILES string of the molecule is CCOc1ccc(CCC2C=CC(C)CC2)c(F)c1F. The molecule has 0 aromatic heterocycles. The fraction of sp³-hybridized carbons (Fsp3) is 0.529. The largest absolute Gasteiger partial charge is 0.491 e. The van der Waals surface area contributed by atoms with E-state index in [1.807, 2.05) is 0 Å². The summed E-state index contributed by atoms with van der Waals surface area (Å²) in [5.74, 6) is -0.493. The van der Waals surface area contributed by atoms with Gasteiger partial charge in [0.2, 0.25) is 5.82 Å². The van der Waals surface area contributed by atoms with Crippen LogP contribution in [0.2, 0.25) is 0 Å². The van der Waals surface area contributed by atoms with Gasteiger partial charge in [0.05, 0.1) is 6.61 Å². The van der Waals surface area contributed by atoms with Gasteiger partial charge in [0.1, 0.15) is 0 Å². The lowest BCUT2D eigenvalue weighted by molar-refractivity contribution is 0.313. The molecule has 1 aromatic rings. The molecule has 3 heteroatoms. The molecule has 0 N–H and O–H groups in total. The number of hydrogen-bond acceptors (Lipinski definition) is 1. The van der Waals surface area contributed by atoms with E-state index in [0.29, 0.717) is 30.4 Å². The van der Waals surface area contributed by atoms with Gasteiger partial charge in [-0.1, -0.05) is 25.1 Å². The van der Waals surface area contributed by atoms with Crippen molar-refractivity contribution in [2.24, 2.45) is 11.8 Å². The van der Waals surface area contributed by atoms with Crippen LogP contribution < -0.4 is 4.74 Å². The second-order valence-electron chi connectivity index (χ2n) is 5.52. The molecule has 0 heterocycles. The molecule has 20 heavy (non-hydrogen) atoms. The minimum Gasteiger partial charge on any atom is -0.491 e. The van der Waals surface area contributed by atoms with Crippen molar-refractivity contribution in [2.45, 2.75) is 39.5 Å². The van der Waals surface area contributed by atoms with Crippen LogP contribution in [-0.4, -0.2) is 6.61 Å². The molecule has 0 radical (unpaired) electrons. The van der Waals surface area contributed by atoms with Crippen molar-refractivity contribution >= 4 is 0 Å². The molecule has 2 unspecified atom stereocenters. The normalized spacial score (nSPS) is 22.0. The molecule has 0 spiro atoms. The number of hydrogen-bond donors (Lipinski definition) is 0. The van der Waals surface area contributed by atoms with E-state index >= 15 is 0 Å². The minimum atomic E-state index is -0.864. The number of ether oxygens (including phenoxy) is 1. The molecule has 2 atom stereocenters. The summed E-state index contributed by atoms with van der Waals surface area (Å²) in [7, 11) is 0. The van der Waals surface area contributed by atoms with E-state index < -0.39 is 11.6 Å². The van der Waals surface area contributed by atoms with Gasteiger partial charge in [0, 0.05) is 0 Å². The average Bonchev–Trinajstić information content (AvgIpc) is 2.45. The molecule has 2 rings (SSSR count). The van der Waals surface area contributed by atoms with Crippen molar-refractivity contribution in [1.29, 1.82) is 0 Å². The maximum atomic E-state index is 13.9. The summed E-state index contributed by atoms with van der Waals surface area (Å²) in [5.41, 5.74) is 0.443. The molecule has 0 saturated heterocycles. The third-order valence-electron chi connectivity index (χ3n) is 3.92. The molecule has 0 amide bonds. The van der Waals surface area contributed by atoms with Gasteiger partial charge in [-0.25, -0.2) is 4.39 Å². The van der Waals surface area contributed by atoms with E-state index in [1.54, 1.807) is 13.0 Å². The molecule has 0 bridgehead atoms. The number of allylic oxidation sites excluding steroid dienone is 2. The predicted molar refractivity (Wildman–Crippen MR) is 76.9 cm³/mol. The van der Waals surface area contributed by atoms with E-state index in [0.717, 1.165) is 12.8 Å². The smallest absolute Gasteiger partial charge is 0.200 e. The first-order chi connectivity index (χ1) is 9.61. The lowest BCUT2D eigenvalue weighted by Gasteiger charge is -2.20. The van der Waals surface area contributed by atoms with Crippen LogP contribution in [0, 0.1) is 23.5 Å². The molecule has 1 aliphatic rings. The summed E-state index contributed by atoms with van der Waals surface area (Å²) in [5, 5.41) is 0. The zero-order valence-corrected chi connectivity index (χ0v) is 12.2. The lowest BCUT2D eigenvalue weighted by Crippen LogP contribution is -2.08. The van der Waals surface area contributed by atoms with Crippen molar-refractivity contribution in [1.82, 2.24) is 0 Å². The minimum absolute atomic E-state index is 0.000127. The maximum absolute atomic E-state index is 13.9. The Morgan fingerprint density at radius 1 is 1.15 bits per heavy atom. The van der Waals surface area contributed by atoms with Crippen molar-refractivity contribution in [2.75, 3.05) is 6.61 Å². The molecule has 0 fully saturated rings. The van der Waals surface area contributed by atoms with Crippen molar-refractivity contribution in [3.63, 3.8) is 0 Å². The summed E-state index contributed by atoms with van der Waals surface area (Å²) < 4.78 is 32.7. The van der Waals surface area contributed by atoms with Crippen molar-refractivity contribution in [3.8, 4) is 5.75 Å². The van der Waals surface area contributed by atoms with Crippen LogP contribution in [-0.2, 0) is 6.42 Å².